The number of carboxylic acids is 1. The minimum Gasteiger partial charge on any atom is -0.477 e. The molecule has 16 heavy (non-hydrogen) atoms. The Balaban J connectivity index is 2.34. The second-order valence-corrected chi connectivity index (χ2v) is 4.58. The quantitative estimate of drug-likeness (QED) is 0.850. The van der Waals surface area contributed by atoms with E-state index < -0.39 is 5.97 Å². The van der Waals surface area contributed by atoms with Gasteiger partial charge in [0.2, 0.25) is 0 Å². The molecule has 6 nitrogen and oxygen atoms in total. The van der Waals surface area contributed by atoms with Gasteiger partial charge in [0.15, 0.2) is 5.82 Å². The van der Waals surface area contributed by atoms with E-state index in [1.54, 1.807) is 27.7 Å². The molecule has 0 amide bonds. The maximum Gasteiger partial charge on any atom is 0.352 e. The molecule has 0 saturated carbocycles. The van der Waals surface area contributed by atoms with E-state index in [0.717, 1.165) is 9.39 Å². The van der Waals surface area contributed by atoms with Crippen LogP contribution < -0.4 is 0 Å². The summed E-state index contributed by atoms with van der Waals surface area (Å²) in [5, 5.41) is 16.7. The molecule has 0 aliphatic rings. The van der Waals surface area contributed by atoms with Gasteiger partial charge in [-0.05, 0) is 28.7 Å². The molecule has 2 heterocycles. The molecule has 0 unspecified atom stereocenters. The molecule has 0 aromatic carbocycles. The van der Waals surface area contributed by atoms with E-state index in [2.05, 4.69) is 32.8 Å². The Morgan fingerprint density at radius 1 is 1.62 bits per heavy atom. The minimum absolute atomic E-state index is 0.257. The third kappa shape index (κ3) is 2.08. The fraction of sp³-hybridized carbons (Fsp3) is 0.222. The number of aromatic nitrogens is 4. The Kier molecular flexibility index (Phi) is 2.95. The normalized spacial score (nSPS) is 10.6. The molecule has 2 aromatic heterocycles. The van der Waals surface area contributed by atoms with Gasteiger partial charge in [-0.15, -0.1) is 10.2 Å². The van der Waals surface area contributed by atoms with Crippen LogP contribution in [0.1, 0.15) is 16.3 Å². The van der Waals surface area contributed by atoms with Gasteiger partial charge in [0.1, 0.15) is 12.0 Å². The molecule has 0 aliphatic carbocycles. The van der Waals surface area contributed by atoms with E-state index in [0.29, 0.717) is 6.54 Å². The first-order chi connectivity index (χ1) is 7.58. The fourth-order valence-corrected chi connectivity index (χ4v) is 2.02. The highest BCUT2D eigenvalue weighted by atomic mass is 127. The van der Waals surface area contributed by atoms with Gasteiger partial charge in [0.05, 0.1) is 6.54 Å². The molecule has 7 heteroatoms. The van der Waals surface area contributed by atoms with Crippen LogP contribution in [-0.4, -0.2) is 30.4 Å². The zero-order valence-corrected chi connectivity index (χ0v) is 10.6. The Morgan fingerprint density at radius 3 is 2.94 bits per heavy atom. The van der Waals surface area contributed by atoms with Crippen molar-refractivity contribution in [2.45, 2.75) is 6.54 Å². The third-order valence-electron chi connectivity index (χ3n) is 2.20. The largest absolute Gasteiger partial charge is 0.477 e. The van der Waals surface area contributed by atoms with E-state index in [1.807, 2.05) is 7.05 Å². The number of nitrogens with zero attached hydrogens (tertiary/aromatic N) is 4. The summed E-state index contributed by atoms with van der Waals surface area (Å²) in [5.41, 5.74) is 0.257. The van der Waals surface area contributed by atoms with Gasteiger partial charge in [-0.3, -0.25) is 0 Å². The van der Waals surface area contributed by atoms with Crippen molar-refractivity contribution >= 4 is 28.6 Å². The number of carbonyl (C=O) groups is 1. The second kappa shape index (κ2) is 4.24. The van der Waals surface area contributed by atoms with Crippen LogP contribution in [-0.2, 0) is 13.6 Å². The average molecular weight is 332 g/mol. The lowest BCUT2D eigenvalue weighted by Gasteiger charge is -2.04. The molecule has 2 rings (SSSR count). The molecule has 84 valence electrons. The summed E-state index contributed by atoms with van der Waals surface area (Å²) in [6, 6.07) is 1.62. The molecule has 0 saturated heterocycles. The first-order valence-corrected chi connectivity index (χ1v) is 5.57. The van der Waals surface area contributed by atoms with Crippen LogP contribution in [0.4, 0.5) is 0 Å². The fourth-order valence-electron chi connectivity index (χ4n) is 1.39. The monoisotopic (exact) mass is 332 g/mol. The zero-order valence-electron chi connectivity index (χ0n) is 8.46. The molecule has 0 aliphatic heterocycles. The van der Waals surface area contributed by atoms with E-state index >= 15 is 0 Å². The van der Waals surface area contributed by atoms with Gasteiger partial charge in [0.25, 0.3) is 0 Å². The van der Waals surface area contributed by atoms with Crippen molar-refractivity contribution in [3.8, 4) is 0 Å². The molecule has 0 spiro atoms. The summed E-state index contributed by atoms with van der Waals surface area (Å²) in [6.07, 6.45) is 3.36. The summed E-state index contributed by atoms with van der Waals surface area (Å²) >= 11 is 2.08. The zero-order chi connectivity index (χ0) is 11.7. The van der Waals surface area contributed by atoms with E-state index in [4.69, 9.17) is 5.11 Å². The van der Waals surface area contributed by atoms with Gasteiger partial charge in [-0.2, -0.15) is 0 Å². The molecule has 0 radical (unpaired) electrons. The van der Waals surface area contributed by atoms with Crippen LogP contribution in [0, 0.1) is 3.57 Å². The first-order valence-electron chi connectivity index (χ1n) is 4.50. The maximum absolute atomic E-state index is 11.0. The van der Waals surface area contributed by atoms with Gasteiger partial charge in [-0.1, -0.05) is 0 Å². The van der Waals surface area contributed by atoms with Gasteiger partial charge >= 0.3 is 5.97 Å². The van der Waals surface area contributed by atoms with Crippen molar-refractivity contribution in [3.05, 3.63) is 33.7 Å². The molecule has 2 aromatic rings. The van der Waals surface area contributed by atoms with Gasteiger partial charge < -0.3 is 14.2 Å². The molecule has 0 bridgehead atoms. The SMILES string of the molecule is Cn1cnnc1Cn1cc(I)cc1C(=O)O. The molecular formula is C9H9IN4O2. The van der Waals surface area contributed by atoms with Crippen LogP contribution in [0.3, 0.4) is 0 Å². The van der Waals surface area contributed by atoms with Crippen molar-refractivity contribution < 1.29 is 9.90 Å². The second-order valence-electron chi connectivity index (χ2n) is 3.33. The van der Waals surface area contributed by atoms with Crippen molar-refractivity contribution in [2.24, 2.45) is 7.05 Å². The summed E-state index contributed by atoms with van der Waals surface area (Å²) in [6.45, 7) is 0.404. The summed E-state index contributed by atoms with van der Waals surface area (Å²) in [4.78, 5) is 11.0. The summed E-state index contributed by atoms with van der Waals surface area (Å²) in [5.74, 6) is -0.223. The molecular weight excluding hydrogens is 323 g/mol. The predicted molar refractivity (Wildman–Crippen MR) is 64.2 cm³/mol. The highest BCUT2D eigenvalue weighted by Gasteiger charge is 2.13. The Hall–Kier alpha value is -1.38. The highest BCUT2D eigenvalue weighted by molar-refractivity contribution is 14.1. The topological polar surface area (TPSA) is 72.9 Å². The lowest BCUT2D eigenvalue weighted by molar-refractivity contribution is 0.0685. The number of halogens is 1. The van der Waals surface area contributed by atoms with Crippen molar-refractivity contribution in [3.63, 3.8) is 0 Å². The highest BCUT2D eigenvalue weighted by Crippen LogP contribution is 2.12. The van der Waals surface area contributed by atoms with Crippen LogP contribution in [0.5, 0.6) is 0 Å². The minimum atomic E-state index is -0.940. The van der Waals surface area contributed by atoms with E-state index in [-0.39, 0.29) is 5.69 Å². The standard InChI is InChI=1S/C9H9IN4O2/c1-13-5-11-12-8(13)4-14-3-6(10)2-7(14)9(15)16/h2-3,5H,4H2,1H3,(H,15,16). The maximum atomic E-state index is 11.0. The number of hydrogen-bond acceptors (Lipinski definition) is 3. The van der Waals surface area contributed by atoms with Crippen molar-refractivity contribution in [1.82, 2.24) is 19.3 Å². The van der Waals surface area contributed by atoms with Crippen molar-refractivity contribution in [2.75, 3.05) is 0 Å². The van der Waals surface area contributed by atoms with Gasteiger partial charge in [0, 0.05) is 16.8 Å². The molecule has 1 N–H and O–H groups in total. The first kappa shape index (κ1) is 11.1. The Morgan fingerprint density at radius 2 is 2.38 bits per heavy atom. The Bertz CT molecular complexity index is 531. The number of rotatable bonds is 3. The number of aryl methyl sites for hydroxylation is 1. The van der Waals surface area contributed by atoms with Gasteiger partial charge in [-0.25, -0.2) is 4.79 Å². The predicted octanol–water partition coefficient (Wildman–Crippen LogP) is 0.968. The van der Waals surface area contributed by atoms with Crippen molar-refractivity contribution in [1.29, 1.82) is 0 Å². The molecule has 0 atom stereocenters. The lowest BCUT2D eigenvalue weighted by atomic mass is 10.4. The average Bonchev–Trinajstić information content (AvgIpc) is 2.75. The van der Waals surface area contributed by atoms with E-state index in [1.165, 1.54) is 0 Å². The van der Waals surface area contributed by atoms with Crippen LogP contribution in [0.25, 0.3) is 0 Å². The van der Waals surface area contributed by atoms with Crippen LogP contribution in [0.15, 0.2) is 18.6 Å². The number of hydrogen-bond donors (Lipinski definition) is 1. The smallest absolute Gasteiger partial charge is 0.352 e. The Labute approximate surface area is 105 Å². The summed E-state index contributed by atoms with van der Waals surface area (Å²) in [7, 11) is 1.82. The lowest BCUT2D eigenvalue weighted by Crippen LogP contribution is -2.11. The third-order valence-corrected chi connectivity index (χ3v) is 2.79. The summed E-state index contributed by atoms with van der Waals surface area (Å²) < 4.78 is 4.30. The van der Waals surface area contributed by atoms with E-state index in [9.17, 15) is 4.79 Å². The number of carboxylic acid groups (broad SMARTS) is 1. The van der Waals surface area contributed by atoms with Crippen LogP contribution >= 0.6 is 22.6 Å². The molecule has 0 fully saturated rings. The van der Waals surface area contributed by atoms with Crippen LogP contribution in [0.2, 0.25) is 0 Å². The number of aromatic carboxylic acids is 1.